The van der Waals surface area contributed by atoms with E-state index in [2.05, 4.69) is 26.1 Å². The molecular formula is C25H33BN2O6. The number of benzene rings is 1. The highest BCUT2D eigenvalue weighted by molar-refractivity contribution is 6.48. The number of carbonyl (C=O) groups excluding carboxylic acids is 2. The van der Waals surface area contributed by atoms with Crippen LogP contribution in [0.3, 0.4) is 0 Å². The fraction of sp³-hybridized carbons (Fsp3) is 0.640. The number of nitriles is 1. The van der Waals surface area contributed by atoms with Crippen molar-refractivity contribution in [3.05, 3.63) is 29.3 Å². The number of hydrogen-bond donors (Lipinski definition) is 1. The van der Waals surface area contributed by atoms with E-state index in [0.29, 0.717) is 29.6 Å². The number of para-hydroxylation sites is 1. The van der Waals surface area contributed by atoms with Gasteiger partial charge in [0.1, 0.15) is 11.3 Å². The third kappa shape index (κ3) is 4.07. The van der Waals surface area contributed by atoms with Gasteiger partial charge in [0.25, 0.3) is 0 Å². The number of nitrogens with zero attached hydrogens (tertiary/aromatic N) is 1. The fourth-order valence-electron chi connectivity index (χ4n) is 6.23. The van der Waals surface area contributed by atoms with Gasteiger partial charge in [0.2, 0.25) is 5.91 Å². The summed E-state index contributed by atoms with van der Waals surface area (Å²) in [5.74, 6) is 0.138. The Labute approximate surface area is 201 Å². The molecule has 1 amide bonds. The monoisotopic (exact) mass is 468 g/mol. The molecule has 1 aromatic rings. The zero-order chi connectivity index (χ0) is 24.7. The Bertz CT molecular complexity index is 1010. The van der Waals surface area contributed by atoms with Crippen LogP contribution in [0.5, 0.6) is 5.75 Å². The molecule has 5 unspecified atom stereocenters. The van der Waals surface area contributed by atoms with E-state index in [1.54, 1.807) is 12.1 Å². The van der Waals surface area contributed by atoms with Gasteiger partial charge in [-0.15, -0.1) is 0 Å². The summed E-state index contributed by atoms with van der Waals surface area (Å²) >= 11 is 0. The summed E-state index contributed by atoms with van der Waals surface area (Å²) in [6, 6.07) is 7.26. The molecule has 182 valence electrons. The maximum atomic E-state index is 12.6. The first-order valence-corrected chi connectivity index (χ1v) is 11.9. The quantitative estimate of drug-likeness (QED) is 0.462. The maximum Gasteiger partial charge on any atom is 0.482 e. The van der Waals surface area contributed by atoms with Crippen molar-refractivity contribution in [3.8, 4) is 11.8 Å². The van der Waals surface area contributed by atoms with Crippen LogP contribution in [0.4, 0.5) is 0 Å². The number of amides is 1. The van der Waals surface area contributed by atoms with E-state index in [1.807, 2.05) is 12.1 Å². The van der Waals surface area contributed by atoms with Gasteiger partial charge < -0.3 is 24.1 Å². The summed E-state index contributed by atoms with van der Waals surface area (Å²) in [7, 11) is 2.17. The molecule has 0 radical (unpaired) electrons. The van der Waals surface area contributed by atoms with E-state index < -0.39 is 24.6 Å². The number of ether oxygens (including phenoxy) is 2. The topological polar surface area (TPSA) is 107 Å². The minimum absolute atomic E-state index is 0.0314. The number of rotatable bonds is 8. The lowest BCUT2D eigenvalue weighted by molar-refractivity contribution is -0.199. The third-order valence-electron chi connectivity index (χ3n) is 8.25. The van der Waals surface area contributed by atoms with Crippen LogP contribution in [-0.4, -0.2) is 50.9 Å². The molecule has 1 saturated heterocycles. The Hall–Kier alpha value is -2.57. The van der Waals surface area contributed by atoms with Gasteiger partial charge >= 0.3 is 13.1 Å². The van der Waals surface area contributed by atoms with Crippen LogP contribution in [0.1, 0.15) is 62.4 Å². The van der Waals surface area contributed by atoms with Gasteiger partial charge in [-0.2, -0.15) is 5.26 Å². The standard InChI is InChI=1S/C25H33BN2O6/c1-24(2)16-13-18(24)25(3)19(14-16)33-26(34-25)20(28-21(29)10-7-11-27)12-15-8-6-9-17(22(15)31-4)23(30)32-5/h6,8-9,16,18-20H,7,10,12-14H2,1-5H3,(H,28,29). The number of carbonyl (C=O) groups is 2. The highest BCUT2D eigenvalue weighted by Crippen LogP contribution is 2.65. The smallest absolute Gasteiger partial charge is 0.482 e. The van der Waals surface area contributed by atoms with Crippen molar-refractivity contribution < 1.29 is 28.4 Å². The first kappa shape index (κ1) is 24.6. The average Bonchev–Trinajstić information content (AvgIpc) is 3.18. The molecule has 8 nitrogen and oxygen atoms in total. The second kappa shape index (κ2) is 9.24. The summed E-state index contributed by atoms with van der Waals surface area (Å²) in [6.45, 7) is 6.73. The van der Waals surface area contributed by atoms with Crippen molar-refractivity contribution in [3.63, 3.8) is 0 Å². The van der Waals surface area contributed by atoms with Crippen molar-refractivity contribution in [2.75, 3.05) is 14.2 Å². The van der Waals surface area contributed by atoms with Gasteiger partial charge in [0.15, 0.2) is 0 Å². The molecule has 1 aromatic carbocycles. The molecule has 34 heavy (non-hydrogen) atoms. The normalized spacial score (nSPS) is 29.3. The number of methoxy groups -OCH3 is 2. The van der Waals surface area contributed by atoms with Gasteiger partial charge in [0.05, 0.1) is 37.9 Å². The molecule has 5 atom stereocenters. The van der Waals surface area contributed by atoms with Crippen molar-refractivity contribution in [2.24, 2.45) is 17.3 Å². The SMILES string of the molecule is COC(=O)c1cccc(CC(NC(=O)CCC#N)B2OC3CC4CC(C4(C)C)C3(C)O2)c1OC. The van der Waals surface area contributed by atoms with Crippen LogP contribution >= 0.6 is 0 Å². The Morgan fingerprint density at radius 2 is 2.06 bits per heavy atom. The predicted molar refractivity (Wildman–Crippen MR) is 125 cm³/mol. The van der Waals surface area contributed by atoms with Gasteiger partial charge in [-0.1, -0.05) is 26.0 Å². The molecule has 4 fully saturated rings. The molecule has 0 aromatic heterocycles. The Balaban J connectivity index is 1.61. The Morgan fingerprint density at radius 3 is 2.71 bits per heavy atom. The Morgan fingerprint density at radius 1 is 1.29 bits per heavy atom. The molecule has 1 aliphatic heterocycles. The molecule has 2 bridgehead atoms. The van der Waals surface area contributed by atoms with Gasteiger partial charge in [-0.25, -0.2) is 4.79 Å². The predicted octanol–water partition coefficient (Wildman–Crippen LogP) is 3.08. The van der Waals surface area contributed by atoms with Crippen LogP contribution in [0, 0.1) is 28.6 Å². The highest BCUT2D eigenvalue weighted by Gasteiger charge is 2.68. The summed E-state index contributed by atoms with van der Waals surface area (Å²) in [4.78, 5) is 24.9. The molecule has 5 rings (SSSR count). The third-order valence-corrected chi connectivity index (χ3v) is 8.25. The summed E-state index contributed by atoms with van der Waals surface area (Å²) in [5, 5.41) is 11.9. The van der Waals surface area contributed by atoms with Gasteiger partial charge in [-0.05, 0) is 55.1 Å². The molecular weight excluding hydrogens is 435 g/mol. The van der Waals surface area contributed by atoms with Crippen LogP contribution in [0.15, 0.2) is 18.2 Å². The van der Waals surface area contributed by atoms with Gasteiger partial charge in [-0.3, -0.25) is 4.79 Å². The van der Waals surface area contributed by atoms with Crippen LogP contribution in [0.2, 0.25) is 0 Å². The molecule has 1 heterocycles. The zero-order valence-corrected chi connectivity index (χ0v) is 20.6. The number of esters is 1. The van der Waals surface area contributed by atoms with Crippen LogP contribution < -0.4 is 10.1 Å². The minimum atomic E-state index is -0.650. The fourth-order valence-corrected chi connectivity index (χ4v) is 6.23. The van der Waals surface area contributed by atoms with Crippen molar-refractivity contribution >= 4 is 19.0 Å². The minimum Gasteiger partial charge on any atom is -0.496 e. The molecule has 4 aliphatic rings. The lowest BCUT2D eigenvalue weighted by Gasteiger charge is -2.64. The molecule has 9 heteroatoms. The Kier molecular flexibility index (Phi) is 6.67. The van der Waals surface area contributed by atoms with E-state index in [9.17, 15) is 9.59 Å². The summed E-state index contributed by atoms with van der Waals surface area (Å²) in [5.41, 5.74) is 0.824. The van der Waals surface area contributed by atoms with Crippen molar-refractivity contribution in [2.45, 2.75) is 70.5 Å². The summed E-state index contributed by atoms with van der Waals surface area (Å²) < 4.78 is 23.5. The lowest BCUT2D eigenvalue weighted by atomic mass is 9.43. The highest BCUT2D eigenvalue weighted by atomic mass is 16.7. The second-order valence-corrected chi connectivity index (χ2v) is 10.4. The van der Waals surface area contributed by atoms with E-state index in [1.165, 1.54) is 14.2 Å². The number of hydrogen-bond acceptors (Lipinski definition) is 7. The lowest BCUT2D eigenvalue weighted by Crippen LogP contribution is -2.65. The first-order valence-electron chi connectivity index (χ1n) is 11.9. The largest absolute Gasteiger partial charge is 0.496 e. The van der Waals surface area contributed by atoms with Crippen LogP contribution in [0.25, 0.3) is 0 Å². The maximum absolute atomic E-state index is 12.6. The van der Waals surface area contributed by atoms with E-state index in [0.717, 1.165) is 18.4 Å². The van der Waals surface area contributed by atoms with E-state index >= 15 is 0 Å². The van der Waals surface area contributed by atoms with Crippen molar-refractivity contribution in [1.82, 2.24) is 5.32 Å². The second-order valence-electron chi connectivity index (χ2n) is 10.4. The summed E-state index contributed by atoms with van der Waals surface area (Å²) in [6.07, 6.45) is 2.59. The van der Waals surface area contributed by atoms with Crippen LogP contribution in [-0.2, 0) is 25.3 Å². The number of nitrogens with one attached hydrogen (secondary N) is 1. The molecule has 1 N–H and O–H groups in total. The van der Waals surface area contributed by atoms with Crippen molar-refractivity contribution in [1.29, 1.82) is 5.26 Å². The average molecular weight is 468 g/mol. The van der Waals surface area contributed by atoms with Gasteiger partial charge in [0, 0.05) is 12.8 Å². The first-order chi connectivity index (χ1) is 16.1. The van der Waals surface area contributed by atoms with E-state index in [4.69, 9.17) is 24.0 Å². The molecule has 3 saturated carbocycles. The van der Waals surface area contributed by atoms with E-state index in [-0.39, 0.29) is 30.3 Å². The molecule has 0 spiro atoms. The molecule has 3 aliphatic carbocycles. The zero-order valence-electron chi connectivity index (χ0n) is 20.6.